The normalized spacial score (nSPS) is 11.8. The number of carboxylic acid groups (broad SMARTS) is 1. The second kappa shape index (κ2) is 6.19. The highest BCUT2D eigenvalue weighted by Gasteiger charge is 2.17. The minimum absolute atomic E-state index is 0.353. The van der Waals surface area contributed by atoms with Crippen molar-refractivity contribution >= 4 is 11.9 Å². The van der Waals surface area contributed by atoms with Crippen LogP contribution in [-0.2, 0) is 9.59 Å². The Balaban J connectivity index is 4.01. The molecule has 0 saturated heterocycles. The lowest BCUT2D eigenvalue weighted by Crippen LogP contribution is -2.41. The summed E-state index contributed by atoms with van der Waals surface area (Å²) >= 11 is 0. The summed E-state index contributed by atoms with van der Waals surface area (Å²) in [5.41, 5.74) is 0. The predicted molar refractivity (Wildman–Crippen MR) is 48.3 cm³/mol. The predicted octanol–water partition coefficient (Wildman–Crippen LogP) is -0.649. The standard InChI is InChI=1S/C8H14N2O3/c1-3-7(11)10-6(8(12)13)4-5-9-2/h3,6,9H,1,4-5H2,2H3,(H,10,11)(H,12,13)/t6-/m0/s1. The van der Waals surface area contributed by atoms with Gasteiger partial charge in [0.15, 0.2) is 0 Å². The molecule has 5 nitrogen and oxygen atoms in total. The molecule has 74 valence electrons. The molecule has 1 atom stereocenters. The van der Waals surface area contributed by atoms with Gasteiger partial charge in [0.25, 0.3) is 0 Å². The Hall–Kier alpha value is -1.36. The second-order valence-electron chi connectivity index (χ2n) is 2.50. The van der Waals surface area contributed by atoms with Crippen molar-refractivity contribution in [3.05, 3.63) is 12.7 Å². The van der Waals surface area contributed by atoms with E-state index in [1.165, 1.54) is 0 Å². The molecule has 3 N–H and O–H groups in total. The first-order valence-corrected chi connectivity index (χ1v) is 3.92. The lowest BCUT2D eigenvalue weighted by atomic mass is 10.2. The third kappa shape index (κ3) is 4.97. The summed E-state index contributed by atoms with van der Waals surface area (Å²) in [6.45, 7) is 3.77. The number of amides is 1. The van der Waals surface area contributed by atoms with Gasteiger partial charge >= 0.3 is 5.97 Å². The number of hydrogen-bond donors (Lipinski definition) is 3. The Bertz CT molecular complexity index is 204. The summed E-state index contributed by atoms with van der Waals surface area (Å²) in [7, 11) is 1.72. The highest BCUT2D eigenvalue weighted by molar-refractivity contribution is 5.90. The minimum Gasteiger partial charge on any atom is -0.480 e. The highest BCUT2D eigenvalue weighted by Crippen LogP contribution is 1.91. The minimum atomic E-state index is -1.04. The number of carboxylic acids is 1. The van der Waals surface area contributed by atoms with Crippen LogP contribution >= 0.6 is 0 Å². The topological polar surface area (TPSA) is 78.4 Å². The van der Waals surface area contributed by atoms with E-state index in [0.717, 1.165) is 6.08 Å². The van der Waals surface area contributed by atoms with Crippen molar-refractivity contribution in [1.82, 2.24) is 10.6 Å². The third-order valence-corrected chi connectivity index (χ3v) is 1.48. The molecular weight excluding hydrogens is 172 g/mol. The van der Waals surface area contributed by atoms with Crippen molar-refractivity contribution in [2.75, 3.05) is 13.6 Å². The number of nitrogens with one attached hydrogen (secondary N) is 2. The number of carbonyl (C=O) groups is 2. The van der Waals surface area contributed by atoms with Gasteiger partial charge in [-0.25, -0.2) is 4.79 Å². The van der Waals surface area contributed by atoms with Gasteiger partial charge in [-0.3, -0.25) is 4.79 Å². The van der Waals surface area contributed by atoms with Crippen molar-refractivity contribution < 1.29 is 14.7 Å². The largest absolute Gasteiger partial charge is 0.480 e. The number of aliphatic carboxylic acids is 1. The van der Waals surface area contributed by atoms with Crippen LogP contribution in [0.25, 0.3) is 0 Å². The second-order valence-corrected chi connectivity index (χ2v) is 2.50. The van der Waals surface area contributed by atoms with E-state index in [2.05, 4.69) is 17.2 Å². The quantitative estimate of drug-likeness (QED) is 0.482. The smallest absolute Gasteiger partial charge is 0.326 e. The van der Waals surface area contributed by atoms with E-state index in [1.54, 1.807) is 7.05 Å². The maximum atomic E-state index is 10.8. The fourth-order valence-electron chi connectivity index (χ4n) is 0.777. The number of rotatable bonds is 6. The summed E-state index contributed by atoms with van der Waals surface area (Å²) in [6.07, 6.45) is 1.40. The maximum Gasteiger partial charge on any atom is 0.326 e. The van der Waals surface area contributed by atoms with Crippen LogP contribution in [-0.4, -0.2) is 36.6 Å². The van der Waals surface area contributed by atoms with Crippen molar-refractivity contribution in [2.45, 2.75) is 12.5 Å². The zero-order valence-electron chi connectivity index (χ0n) is 7.54. The zero-order chi connectivity index (χ0) is 10.3. The van der Waals surface area contributed by atoms with E-state index in [1.807, 2.05) is 0 Å². The molecule has 13 heavy (non-hydrogen) atoms. The molecule has 0 radical (unpaired) electrons. The van der Waals surface area contributed by atoms with Crippen molar-refractivity contribution in [1.29, 1.82) is 0 Å². The van der Waals surface area contributed by atoms with Crippen LogP contribution in [0.2, 0.25) is 0 Å². The fourth-order valence-corrected chi connectivity index (χ4v) is 0.777. The highest BCUT2D eigenvalue weighted by atomic mass is 16.4. The van der Waals surface area contributed by atoms with Crippen LogP contribution in [0.1, 0.15) is 6.42 Å². The maximum absolute atomic E-state index is 10.8. The van der Waals surface area contributed by atoms with Gasteiger partial charge in [0.05, 0.1) is 0 Å². The molecule has 0 rings (SSSR count). The Kier molecular flexibility index (Phi) is 5.54. The molecule has 0 saturated carbocycles. The van der Waals surface area contributed by atoms with Crippen molar-refractivity contribution in [2.24, 2.45) is 0 Å². The molecule has 0 aliphatic carbocycles. The molecule has 0 unspecified atom stereocenters. The molecule has 0 aliphatic heterocycles. The fraction of sp³-hybridized carbons (Fsp3) is 0.500. The molecule has 0 heterocycles. The Morgan fingerprint density at radius 2 is 2.23 bits per heavy atom. The van der Waals surface area contributed by atoms with Crippen molar-refractivity contribution in [3.8, 4) is 0 Å². The van der Waals surface area contributed by atoms with E-state index < -0.39 is 17.9 Å². The van der Waals surface area contributed by atoms with Crippen LogP contribution < -0.4 is 10.6 Å². The molecule has 1 amide bonds. The first-order chi connectivity index (χ1) is 6.11. The molecule has 0 aromatic rings. The van der Waals surface area contributed by atoms with Gasteiger partial charge in [-0.05, 0) is 26.1 Å². The van der Waals surface area contributed by atoms with Crippen LogP contribution in [0.5, 0.6) is 0 Å². The van der Waals surface area contributed by atoms with Crippen LogP contribution in [0.15, 0.2) is 12.7 Å². The first kappa shape index (κ1) is 11.6. The summed E-state index contributed by atoms with van der Waals surface area (Å²) in [6, 6.07) is -0.849. The monoisotopic (exact) mass is 186 g/mol. The summed E-state index contributed by atoms with van der Waals surface area (Å²) in [4.78, 5) is 21.4. The number of carbonyl (C=O) groups excluding carboxylic acids is 1. The number of hydrogen-bond acceptors (Lipinski definition) is 3. The van der Waals surface area contributed by atoms with E-state index in [4.69, 9.17) is 5.11 Å². The summed E-state index contributed by atoms with van der Waals surface area (Å²) in [5, 5.41) is 13.8. The van der Waals surface area contributed by atoms with Gasteiger partial charge in [-0.15, -0.1) is 0 Å². The molecule has 5 heteroatoms. The van der Waals surface area contributed by atoms with E-state index >= 15 is 0 Å². The van der Waals surface area contributed by atoms with Crippen molar-refractivity contribution in [3.63, 3.8) is 0 Å². The van der Waals surface area contributed by atoms with Gasteiger partial charge in [-0.1, -0.05) is 6.58 Å². The average Bonchev–Trinajstić information content (AvgIpc) is 2.11. The average molecular weight is 186 g/mol. The van der Waals surface area contributed by atoms with Gasteiger partial charge in [-0.2, -0.15) is 0 Å². The molecule has 0 aromatic heterocycles. The molecule has 0 fully saturated rings. The van der Waals surface area contributed by atoms with Crippen LogP contribution in [0, 0.1) is 0 Å². The Morgan fingerprint density at radius 1 is 1.62 bits per heavy atom. The Labute approximate surface area is 76.8 Å². The lowest BCUT2D eigenvalue weighted by Gasteiger charge is -2.12. The Morgan fingerprint density at radius 3 is 2.62 bits per heavy atom. The van der Waals surface area contributed by atoms with E-state index in [-0.39, 0.29) is 0 Å². The van der Waals surface area contributed by atoms with Gasteiger partial charge in [0, 0.05) is 0 Å². The lowest BCUT2D eigenvalue weighted by molar-refractivity contribution is -0.141. The van der Waals surface area contributed by atoms with E-state index in [0.29, 0.717) is 13.0 Å². The van der Waals surface area contributed by atoms with Crippen LogP contribution in [0.4, 0.5) is 0 Å². The third-order valence-electron chi connectivity index (χ3n) is 1.48. The SMILES string of the molecule is C=CC(=O)N[C@@H](CCNC)C(=O)O. The summed E-state index contributed by atoms with van der Waals surface area (Å²) in [5.74, 6) is -1.51. The van der Waals surface area contributed by atoms with Gasteiger partial charge < -0.3 is 15.7 Å². The van der Waals surface area contributed by atoms with Gasteiger partial charge in [0.1, 0.15) is 6.04 Å². The van der Waals surface area contributed by atoms with Gasteiger partial charge in [0.2, 0.25) is 5.91 Å². The molecular formula is C8H14N2O3. The molecule has 0 spiro atoms. The summed E-state index contributed by atoms with van der Waals surface area (Å²) < 4.78 is 0. The molecule has 0 aromatic carbocycles. The first-order valence-electron chi connectivity index (χ1n) is 3.92. The van der Waals surface area contributed by atoms with Crippen LogP contribution in [0.3, 0.4) is 0 Å². The zero-order valence-corrected chi connectivity index (χ0v) is 7.54. The van der Waals surface area contributed by atoms with E-state index in [9.17, 15) is 9.59 Å². The molecule has 0 aliphatic rings. The molecule has 0 bridgehead atoms.